The molecule has 0 radical (unpaired) electrons. The van der Waals surface area contributed by atoms with E-state index in [-0.39, 0.29) is 36.1 Å². The van der Waals surface area contributed by atoms with Crippen LogP contribution < -0.4 is 5.32 Å². The number of fused-ring (bicyclic) bond motifs is 2. The highest BCUT2D eigenvalue weighted by Crippen LogP contribution is 2.33. The van der Waals surface area contributed by atoms with Crippen LogP contribution in [0.4, 0.5) is 4.39 Å². The number of hydrogen-bond acceptors (Lipinski definition) is 6. The summed E-state index contributed by atoms with van der Waals surface area (Å²) in [6, 6.07) is 13.2. The highest BCUT2D eigenvalue weighted by molar-refractivity contribution is 6.44. The first kappa shape index (κ1) is 31.4. The summed E-state index contributed by atoms with van der Waals surface area (Å²) in [6.07, 6.45) is 1.02. The molecule has 218 valence electrons. The first-order chi connectivity index (χ1) is 18.8. The van der Waals surface area contributed by atoms with Gasteiger partial charge in [-0.15, -0.1) is 0 Å². The zero-order chi connectivity index (χ0) is 29.6. The van der Waals surface area contributed by atoms with Crippen LogP contribution in [0, 0.1) is 23.6 Å². The van der Waals surface area contributed by atoms with Gasteiger partial charge in [0.05, 0.1) is 12.7 Å². The Morgan fingerprint density at radius 1 is 1.10 bits per heavy atom. The fourth-order valence-corrected chi connectivity index (χ4v) is 5.28. The van der Waals surface area contributed by atoms with Crippen LogP contribution in [0.15, 0.2) is 48.5 Å². The molecular formula is C31H43FN4O4. The number of aliphatic hydroxyl groups excluding tert-OH is 2. The number of carbonyl (C=O) groups excluding carboxylic acids is 2. The number of β-amino-alcohol motifs (C(OH)–C–C–N with tert-alkyl or cyclic N) is 1. The first-order valence-electron chi connectivity index (χ1n) is 13.9. The molecule has 4 N–H and O–H groups in total. The molecule has 40 heavy (non-hydrogen) atoms. The average Bonchev–Trinajstić information content (AvgIpc) is 3.52. The molecule has 4 unspecified atom stereocenters. The van der Waals surface area contributed by atoms with Crippen LogP contribution in [-0.2, 0) is 16.0 Å². The number of benzene rings is 2. The van der Waals surface area contributed by atoms with Crippen molar-refractivity contribution >= 4 is 17.5 Å². The Morgan fingerprint density at radius 2 is 1.75 bits per heavy atom. The molecule has 4 rings (SSSR count). The van der Waals surface area contributed by atoms with Gasteiger partial charge in [-0.05, 0) is 48.4 Å². The number of nitrogens with one attached hydrogen (secondary N) is 2. The third kappa shape index (κ3) is 7.74. The molecule has 0 aromatic heterocycles. The third-order valence-corrected chi connectivity index (χ3v) is 7.64. The summed E-state index contributed by atoms with van der Waals surface area (Å²) in [5.74, 6) is -0.847. The summed E-state index contributed by atoms with van der Waals surface area (Å²) in [5, 5.41) is 30.0. The van der Waals surface area contributed by atoms with E-state index in [1.54, 1.807) is 24.3 Å². The standard InChI is InChI=1S/C23H34N4O4.C8H9F/c1-14-7-5-6-8-18(14)19(24)21(30)25-20(23(2,3)4)22(31)27-11-15-9-16(27)10-26(15)12-17(29)13-28;1-2-7-3-5-8(9)6-4-7/h5-8,15-17,20,24,28-29H,9-13H2,1-4H3,(H,25,30);3-6H,2H2,1H3. The van der Waals surface area contributed by atoms with Gasteiger partial charge in [0, 0.05) is 37.3 Å². The number of rotatable bonds is 8. The van der Waals surface area contributed by atoms with Crippen molar-refractivity contribution < 1.29 is 24.2 Å². The molecule has 2 amide bonds. The Bertz CT molecular complexity index is 1180. The second-order valence-electron chi connectivity index (χ2n) is 11.8. The van der Waals surface area contributed by atoms with Crippen LogP contribution in [0.5, 0.6) is 0 Å². The minimum Gasteiger partial charge on any atom is -0.394 e. The Kier molecular flexibility index (Phi) is 10.6. The molecule has 2 heterocycles. The summed E-state index contributed by atoms with van der Waals surface area (Å²) in [5.41, 5.74) is 1.90. The van der Waals surface area contributed by atoms with Gasteiger partial charge < -0.3 is 20.4 Å². The number of aliphatic hydroxyl groups is 2. The number of likely N-dealkylation sites (tertiary alicyclic amines) is 2. The average molecular weight is 555 g/mol. The number of hydrogen-bond donors (Lipinski definition) is 4. The van der Waals surface area contributed by atoms with Crippen LogP contribution in [0.3, 0.4) is 0 Å². The largest absolute Gasteiger partial charge is 0.394 e. The Balaban J connectivity index is 0.000000415. The van der Waals surface area contributed by atoms with Crippen molar-refractivity contribution in [1.82, 2.24) is 15.1 Å². The van der Waals surface area contributed by atoms with Gasteiger partial charge in [0.15, 0.2) is 0 Å². The molecule has 2 saturated heterocycles. The van der Waals surface area contributed by atoms with Gasteiger partial charge in [-0.25, -0.2) is 4.39 Å². The molecule has 4 atom stereocenters. The minimum absolute atomic E-state index is 0.0287. The van der Waals surface area contributed by atoms with Crippen molar-refractivity contribution in [3.63, 3.8) is 0 Å². The second-order valence-corrected chi connectivity index (χ2v) is 11.8. The lowest BCUT2D eigenvalue weighted by Gasteiger charge is -2.39. The lowest BCUT2D eigenvalue weighted by atomic mass is 9.85. The van der Waals surface area contributed by atoms with Crippen LogP contribution in [0.1, 0.15) is 50.8 Å². The van der Waals surface area contributed by atoms with Crippen molar-refractivity contribution in [1.29, 1.82) is 5.41 Å². The number of halogens is 1. The molecule has 0 saturated carbocycles. The highest BCUT2D eigenvalue weighted by atomic mass is 19.1. The molecule has 0 aliphatic carbocycles. The second kappa shape index (κ2) is 13.5. The molecule has 0 spiro atoms. The van der Waals surface area contributed by atoms with Gasteiger partial charge in [-0.2, -0.15) is 0 Å². The normalized spacial score (nSPS) is 19.9. The topological polar surface area (TPSA) is 117 Å². The number of carbonyl (C=O) groups is 2. The van der Waals surface area contributed by atoms with Gasteiger partial charge in [0.1, 0.15) is 17.6 Å². The molecular weight excluding hydrogens is 511 g/mol. The monoisotopic (exact) mass is 554 g/mol. The van der Waals surface area contributed by atoms with Gasteiger partial charge >= 0.3 is 0 Å². The van der Waals surface area contributed by atoms with E-state index in [1.807, 2.05) is 51.7 Å². The zero-order valence-corrected chi connectivity index (χ0v) is 24.2. The van der Waals surface area contributed by atoms with E-state index in [2.05, 4.69) is 10.2 Å². The Labute approximate surface area is 236 Å². The number of piperazine rings is 1. The van der Waals surface area contributed by atoms with E-state index >= 15 is 0 Å². The highest BCUT2D eigenvalue weighted by Gasteiger charge is 2.48. The zero-order valence-electron chi connectivity index (χ0n) is 24.2. The molecule has 2 bridgehead atoms. The molecule has 9 heteroatoms. The van der Waals surface area contributed by atoms with E-state index < -0.39 is 23.5 Å². The van der Waals surface area contributed by atoms with Crippen molar-refractivity contribution in [2.24, 2.45) is 5.41 Å². The fraction of sp³-hybridized carbons (Fsp3) is 0.516. The maximum Gasteiger partial charge on any atom is 0.270 e. The molecule has 2 aliphatic heterocycles. The summed E-state index contributed by atoms with van der Waals surface area (Å²) in [4.78, 5) is 30.3. The molecule has 2 aromatic rings. The number of nitrogens with zero attached hydrogens (tertiary/aromatic N) is 2. The van der Waals surface area contributed by atoms with Crippen molar-refractivity contribution in [2.45, 2.75) is 71.7 Å². The third-order valence-electron chi connectivity index (χ3n) is 7.64. The van der Waals surface area contributed by atoms with E-state index in [0.717, 1.165) is 18.4 Å². The Hall–Kier alpha value is -3.14. The summed E-state index contributed by atoms with van der Waals surface area (Å²) in [7, 11) is 0. The quantitative estimate of drug-likeness (QED) is 0.375. The van der Waals surface area contributed by atoms with Crippen LogP contribution in [0.25, 0.3) is 0 Å². The Morgan fingerprint density at radius 3 is 2.27 bits per heavy atom. The van der Waals surface area contributed by atoms with Gasteiger partial charge in [0.2, 0.25) is 5.91 Å². The summed E-state index contributed by atoms with van der Waals surface area (Å²) < 4.78 is 12.2. The van der Waals surface area contributed by atoms with E-state index in [0.29, 0.717) is 25.2 Å². The molecule has 2 aliphatic rings. The minimum atomic E-state index is -0.780. The number of amides is 2. The van der Waals surface area contributed by atoms with Crippen LogP contribution in [0.2, 0.25) is 0 Å². The molecule has 2 fully saturated rings. The maximum atomic E-state index is 13.5. The smallest absolute Gasteiger partial charge is 0.270 e. The van der Waals surface area contributed by atoms with Gasteiger partial charge in [-0.1, -0.05) is 64.1 Å². The fourth-order valence-electron chi connectivity index (χ4n) is 5.28. The lowest BCUT2D eigenvalue weighted by molar-refractivity contribution is -0.140. The predicted molar refractivity (Wildman–Crippen MR) is 154 cm³/mol. The van der Waals surface area contributed by atoms with Crippen molar-refractivity contribution in [3.8, 4) is 0 Å². The maximum absolute atomic E-state index is 13.5. The van der Waals surface area contributed by atoms with E-state index in [9.17, 15) is 19.1 Å². The van der Waals surface area contributed by atoms with Crippen molar-refractivity contribution in [2.75, 3.05) is 26.2 Å². The van der Waals surface area contributed by atoms with Crippen LogP contribution in [-0.4, -0.2) is 88.0 Å². The molecule has 8 nitrogen and oxygen atoms in total. The SMILES string of the molecule is CCc1ccc(F)cc1.Cc1ccccc1C(=N)C(=O)NC(C(=O)N1CC2CC1CN2CC(O)CO)C(C)(C)C. The predicted octanol–water partition coefficient (Wildman–Crippen LogP) is 2.92. The lowest BCUT2D eigenvalue weighted by Crippen LogP contribution is -2.59. The number of aryl methyl sites for hydroxylation is 2. The summed E-state index contributed by atoms with van der Waals surface area (Å²) >= 11 is 0. The van der Waals surface area contributed by atoms with E-state index in [1.165, 1.54) is 17.7 Å². The van der Waals surface area contributed by atoms with Crippen molar-refractivity contribution in [3.05, 3.63) is 71.0 Å². The summed E-state index contributed by atoms with van der Waals surface area (Å²) in [6.45, 7) is 10.9. The first-order valence-corrected chi connectivity index (χ1v) is 13.9. The van der Waals surface area contributed by atoms with Crippen LogP contribution >= 0.6 is 0 Å². The van der Waals surface area contributed by atoms with E-state index in [4.69, 9.17) is 10.5 Å². The van der Waals surface area contributed by atoms with Gasteiger partial charge in [0.25, 0.3) is 5.91 Å². The molecule has 2 aromatic carbocycles. The van der Waals surface area contributed by atoms with Gasteiger partial charge in [-0.3, -0.25) is 19.9 Å².